The van der Waals surface area contributed by atoms with Crippen LogP contribution in [-0.2, 0) is 0 Å². The molecule has 108 valence electrons. The Morgan fingerprint density at radius 1 is 1.10 bits per heavy atom. The molecule has 0 aliphatic carbocycles. The zero-order valence-corrected chi connectivity index (χ0v) is 11.0. The number of nitrogens with one attached hydrogen (secondary N) is 1. The van der Waals surface area contributed by atoms with Gasteiger partial charge >= 0.3 is 0 Å². The van der Waals surface area contributed by atoms with Gasteiger partial charge in [-0.25, -0.2) is 13.2 Å². The Kier molecular flexibility index (Phi) is 3.54. The van der Waals surface area contributed by atoms with Gasteiger partial charge in [-0.2, -0.15) is 0 Å². The van der Waals surface area contributed by atoms with E-state index in [1.165, 1.54) is 0 Å². The van der Waals surface area contributed by atoms with Gasteiger partial charge in [0.1, 0.15) is 0 Å². The Morgan fingerprint density at radius 2 is 1.75 bits per heavy atom. The first-order chi connectivity index (χ1) is 9.54. The molecule has 0 amide bonds. The van der Waals surface area contributed by atoms with Gasteiger partial charge in [0.2, 0.25) is 0 Å². The Hall–Kier alpha value is -1.36. The van der Waals surface area contributed by atoms with Crippen LogP contribution in [0.25, 0.3) is 0 Å². The molecule has 2 heterocycles. The number of Topliss-reactive ketones (excluding diaryl/α,β-unsaturated/α-hetero) is 1. The molecule has 1 aromatic rings. The highest BCUT2D eigenvalue weighted by molar-refractivity contribution is 5.96. The van der Waals surface area contributed by atoms with Crippen LogP contribution in [0, 0.1) is 23.4 Å². The molecule has 1 N–H and O–H groups in total. The molecule has 2 unspecified atom stereocenters. The second-order valence-electron chi connectivity index (χ2n) is 5.83. The summed E-state index contributed by atoms with van der Waals surface area (Å²) in [4.78, 5) is 12.1. The normalized spacial score (nSPS) is 28.6. The van der Waals surface area contributed by atoms with Crippen molar-refractivity contribution in [2.24, 2.45) is 5.92 Å². The zero-order chi connectivity index (χ0) is 14.3. The van der Waals surface area contributed by atoms with Gasteiger partial charge in [-0.1, -0.05) is 0 Å². The summed E-state index contributed by atoms with van der Waals surface area (Å²) in [7, 11) is 0. The van der Waals surface area contributed by atoms with Gasteiger partial charge in [0.05, 0.1) is 5.56 Å². The lowest BCUT2D eigenvalue weighted by molar-refractivity contribution is 0.0940. The molecule has 5 heteroatoms. The summed E-state index contributed by atoms with van der Waals surface area (Å²) in [6, 6.07) is 2.73. The predicted molar refractivity (Wildman–Crippen MR) is 67.9 cm³/mol. The van der Waals surface area contributed by atoms with Crippen molar-refractivity contribution < 1.29 is 18.0 Å². The third-order valence-electron chi connectivity index (χ3n) is 4.38. The van der Waals surface area contributed by atoms with Crippen molar-refractivity contribution in [3.05, 3.63) is 35.1 Å². The summed E-state index contributed by atoms with van der Waals surface area (Å²) in [5.41, 5.74) is -0.338. The Morgan fingerprint density at radius 3 is 2.40 bits per heavy atom. The smallest absolute Gasteiger partial charge is 0.195 e. The van der Waals surface area contributed by atoms with E-state index in [2.05, 4.69) is 5.32 Å². The van der Waals surface area contributed by atoms with Gasteiger partial charge in [-0.05, 0) is 43.7 Å². The molecule has 3 rings (SSSR count). The number of fused-ring (bicyclic) bond motifs is 2. The average molecular weight is 283 g/mol. The first-order valence-corrected chi connectivity index (χ1v) is 6.97. The monoisotopic (exact) mass is 283 g/mol. The summed E-state index contributed by atoms with van der Waals surface area (Å²) in [6.07, 6.45) is 4.24. The number of ketones is 1. The first kappa shape index (κ1) is 13.6. The Labute approximate surface area is 115 Å². The second kappa shape index (κ2) is 5.20. The highest BCUT2D eigenvalue weighted by atomic mass is 19.2. The van der Waals surface area contributed by atoms with Gasteiger partial charge in [0.15, 0.2) is 23.2 Å². The molecule has 2 saturated heterocycles. The van der Waals surface area contributed by atoms with E-state index in [1.54, 1.807) is 0 Å². The molecule has 2 bridgehead atoms. The van der Waals surface area contributed by atoms with Crippen LogP contribution in [0.3, 0.4) is 0 Å². The summed E-state index contributed by atoms with van der Waals surface area (Å²) < 4.78 is 39.6. The van der Waals surface area contributed by atoms with Crippen molar-refractivity contribution in [2.45, 2.75) is 44.2 Å². The first-order valence-electron chi connectivity index (χ1n) is 6.97. The Balaban J connectivity index is 1.72. The third-order valence-corrected chi connectivity index (χ3v) is 4.38. The fourth-order valence-corrected chi connectivity index (χ4v) is 3.46. The Bertz CT molecular complexity index is 534. The van der Waals surface area contributed by atoms with Crippen molar-refractivity contribution in [1.82, 2.24) is 5.32 Å². The lowest BCUT2D eigenvalue weighted by atomic mass is 9.87. The van der Waals surface area contributed by atoms with E-state index >= 15 is 0 Å². The van der Waals surface area contributed by atoms with Crippen LogP contribution in [0.2, 0.25) is 0 Å². The summed E-state index contributed by atoms with van der Waals surface area (Å²) in [6.45, 7) is 0. The zero-order valence-electron chi connectivity index (χ0n) is 11.0. The minimum absolute atomic E-state index is 0.203. The SMILES string of the molecule is O=C(CC1CC2CCC(C1)N2)c1ccc(F)c(F)c1F. The number of halogens is 3. The summed E-state index contributed by atoms with van der Waals surface area (Å²) in [5, 5.41) is 3.47. The van der Waals surface area contributed by atoms with Crippen molar-refractivity contribution in [3.8, 4) is 0 Å². The molecule has 0 radical (unpaired) electrons. The fourth-order valence-electron chi connectivity index (χ4n) is 3.46. The molecule has 0 saturated carbocycles. The number of carbonyl (C=O) groups is 1. The summed E-state index contributed by atoms with van der Waals surface area (Å²) >= 11 is 0. The van der Waals surface area contributed by atoms with Crippen LogP contribution < -0.4 is 5.32 Å². The minimum Gasteiger partial charge on any atom is -0.311 e. The van der Waals surface area contributed by atoms with Gasteiger partial charge in [0, 0.05) is 18.5 Å². The van der Waals surface area contributed by atoms with Gasteiger partial charge < -0.3 is 5.32 Å². The minimum atomic E-state index is -1.57. The largest absolute Gasteiger partial charge is 0.311 e. The molecule has 2 aliphatic heterocycles. The predicted octanol–water partition coefficient (Wildman–Crippen LogP) is 3.21. The van der Waals surface area contributed by atoms with Gasteiger partial charge in [-0.15, -0.1) is 0 Å². The molecule has 20 heavy (non-hydrogen) atoms. The molecule has 2 aliphatic rings. The van der Waals surface area contributed by atoms with Crippen LogP contribution >= 0.6 is 0 Å². The van der Waals surface area contributed by atoms with Crippen LogP contribution in [0.1, 0.15) is 42.5 Å². The van der Waals surface area contributed by atoms with Crippen molar-refractivity contribution in [2.75, 3.05) is 0 Å². The number of carbonyl (C=O) groups excluding carboxylic acids is 1. The number of rotatable bonds is 3. The number of benzene rings is 1. The van der Waals surface area contributed by atoms with E-state index in [1.807, 2.05) is 0 Å². The number of hydrogen-bond donors (Lipinski definition) is 1. The fraction of sp³-hybridized carbons (Fsp3) is 0.533. The molecule has 2 atom stereocenters. The van der Waals surface area contributed by atoms with E-state index in [4.69, 9.17) is 0 Å². The van der Waals surface area contributed by atoms with Crippen LogP contribution in [-0.4, -0.2) is 17.9 Å². The van der Waals surface area contributed by atoms with E-state index in [9.17, 15) is 18.0 Å². The van der Waals surface area contributed by atoms with E-state index in [0.717, 1.165) is 37.8 Å². The quantitative estimate of drug-likeness (QED) is 0.681. The van der Waals surface area contributed by atoms with Crippen LogP contribution in [0.15, 0.2) is 12.1 Å². The van der Waals surface area contributed by atoms with Crippen molar-refractivity contribution in [3.63, 3.8) is 0 Å². The van der Waals surface area contributed by atoms with E-state index in [0.29, 0.717) is 12.1 Å². The standard InChI is InChI=1S/C15H16F3NO/c16-12-4-3-11(14(17)15(12)18)13(20)7-8-5-9-1-2-10(6-8)19-9/h3-4,8-10,19H,1-2,5-7H2. The lowest BCUT2D eigenvalue weighted by Crippen LogP contribution is -2.38. The van der Waals surface area contributed by atoms with E-state index < -0.39 is 23.2 Å². The maximum absolute atomic E-state index is 13.6. The van der Waals surface area contributed by atoms with Gasteiger partial charge in [0.25, 0.3) is 0 Å². The second-order valence-corrected chi connectivity index (χ2v) is 5.83. The van der Waals surface area contributed by atoms with Gasteiger partial charge in [-0.3, -0.25) is 4.79 Å². The third kappa shape index (κ3) is 2.46. The highest BCUT2D eigenvalue weighted by Gasteiger charge is 2.34. The highest BCUT2D eigenvalue weighted by Crippen LogP contribution is 2.33. The molecule has 2 fully saturated rings. The van der Waals surface area contributed by atoms with Crippen molar-refractivity contribution in [1.29, 1.82) is 0 Å². The number of piperidine rings is 1. The average Bonchev–Trinajstić information content (AvgIpc) is 2.75. The van der Waals surface area contributed by atoms with Crippen molar-refractivity contribution >= 4 is 5.78 Å². The molecule has 0 spiro atoms. The lowest BCUT2D eigenvalue weighted by Gasteiger charge is -2.28. The van der Waals surface area contributed by atoms with Crippen LogP contribution in [0.5, 0.6) is 0 Å². The maximum Gasteiger partial charge on any atom is 0.195 e. The maximum atomic E-state index is 13.6. The molecule has 2 nitrogen and oxygen atoms in total. The summed E-state index contributed by atoms with van der Waals surface area (Å²) in [5.74, 6) is -4.44. The molecular formula is C15H16F3NO. The molecular weight excluding hydrogens is 267 g/mol. The number of hydrogen-bond acceptors (Lipinski definition) is 2. The molecule has 0 aromatic heterocycles. The topological polar surface area (TPSA) is 29.1 Å². The van der Waals surface area contributed by atoms with Crippen LogP contribution in [0.4, 0.5) is 13.2 Å². The molecule has 1 aromatic carbocycles. The van der Waals surface area contributed by atoms with E-state index in [-0.39, 0.29) is 17.9 Å².